The van der Waals surface area contributed by atoms with Crippen LogP contribution in [0, 0.1) is 11.6 Å². The maximum atomic E-state index is 14.0. The monoisotopic (exact) mass is 488 g/mol. The number of aromatic nitrogens is 5. The lowest BCUT2D eigenvalue weighted by Crippen LogP contribution is -2.11. The number of rotatable bonds is 7. The summed E-state index contributed by atoms with van der Waals surface area (Å²) in [6, 6.07) is 5.18. The van der Waals surface area contributed by atoms with E-state index in [2.05, 4.69) is 25.4 Å². The molecule has 7 nitrogen and oxygen atoms in total. The molecule has 0 saturated heterocycles. The van der Waals surface area contributed by atoms with Crippen molar-refractivity contribution >= 4 is 11.6 Å². The van der Waals surface area contributed by atoms with Crippen LogP contribution in [0.4, 0.5) is 27.8 Å². The fourth-order valence-corrected chi connectivity index (χ4v) is 3.22. The highest BCUT2D eigenvalue weighted by molar-refractivity contribution is 5.96. The molecule has 180 valence electrons. The van der Waals surface area contributed by atoms with Crippen molar-refractivity contribution in [2.45, 2.75) is 19.1 Å². The molecule has 1 aromatic carbocycles. The van der Waals surface area contributed by atoms with Crippen LogP contribution in [0.25, 0.3) is 11.4 Å². The zero-order valence-corrected chi connectivity index (χ0v) is 18.1. The fourth-order valence-electron chi connectivity index (χ4n) is 3.22. The van der Waals surface area contributed by atoms with E-state index in [-0.39, 0.29) is 41.4 Å². The molecule has 0 fully saturated rings. The lowest BCUT2D eigenvalue weighted by atomic mass is 10.1. The van der Waals surface area contributed by atoms with Gasteiger partial charge >= 0.3 is 6.18 Å². The van der Waals surface area contributed by atoms with Gasteiger partial charge in [-0.25, -0.2) is 18.7 Å². The molecular weight excluding hydrogens is 471 g/mol. The van der Waals surface area contributed by atoms with Crippen molar-refractivity contribution in [1.29, 1.82) is 0 Å². The normalized spacial score (nSPS) is 11.5. The molecule has 0 unspecified atom stereocenters. The summed E-state index contributed by atoms with van der Waals surface area (Å²) in [5.74, 6) is -2.08. The van der Waals surface area contributed by atoms with E-state index in [1.807, 2.05) is 0 Å². The third-order valence-corrected chi connectivity index (χ3v) is 4.93. The van der Waals surface area contributed by atoms with Crippen LogP contribution >= 0.6 is 0 Å². The highest BCUT2D eigenvalue weighted by Crippen LogP contribution is 2.31. The molecule has 3 heterocycles. The largest absolute Gasteiger partial charge is 0.417 e. The van der Waals surface area contributed by atoms with Gasteiger partial charge in [0.1, 0.15) is 23.1 Å². The Hall–Kier alpha value is -4.22. The van der Waals surface area contributed by atoms with Crippen LogP contribution in [0.15, 0.2) is 55.1 Å². The van der Waals surface area contributed by atoms with Gasteiger partial charge in [-0.15, -0.1) is 0 Å². The minimum Gasteiger partial charge on any atom is -0.366 e. The molecule has 3 aromatic heterocycles. The summed E-state index contributed by atoms with van der Waals surface area (Å²) in [6.45, 7) is -0.125. The topological polar surface area (TPSA) is 85.6 Å². The van der Waals surface area contributed by atoms with Crippen molar-refractivity contribution < 1.29 is 26.7 Å². The smallest absolute Gasteiger partial charge is 0.366 e. The van der Waals surface area contributed by atoms with Crippen LogP contribution in [-0.4, -0.2) is 30.5 Å². The van der Waals surface area contributed by atoms with Gasteiger partial charge in [-0.05, 0) is 17.7 Å². The van der Waals surface area contributed by atoms with Gasteiger partial charge in [0.25, 0.3) is 0 Å². The Kier molecular flexibility index (Phi) is 6.54. The number of nitrogens with zero attached hydrogens (tertiary/aromatic N) is 5. The molecule has 0 radical (unpaired) electrons. The van der Waals surface area contributed by atoms with Gasteiger partial charge in [-0.1, -0.05) is 6.07 Å². The summed E-state index contributed by atoms with van der Waals surface area (Å²) in [7, 11) is 1.69. The van der Waals surface area contributed by atoms with Gasteiger partial charge < -0.3 is 5.32 Å². The number of benzene rings is 1. The molecule has 0 amide bonds. The van der Waals surface area contributed by atoms with Crippen molar-refractivity contribution in [1.82, 2.24) is 24.7 Å². The highest BCUT2D eigenvalue weighted by Gasteiger charge is 2.31. The summed E-state index contributed by atoms with van der Waals surface area (Å²) in [5, 5.41) is 6.81. The number of ketones is 1. The van der Waals surface area contributed by atoms with Gasteiger partial charge in [0.2, 0.25) is 0 Å². The van der Waals surface area contributed by atoms with Crippen molar-refractivity contribution in [2.24, 2.45) is 7.05 Å². The number of hydrogen-bond acceptors (Lipinski definition) is 6. The SMILES string of the molecule is Cn1cc(CC(=O)c2cc(NCc3ccc(F)cc3F)nc(-c3cncc(C(F)(F)F)c3)n2)cn1. The van der Waals surface area contributed by atoms with Gasteiger partial charge in [0.15, 0.2) is 11.6 Å². The minimum absolute atomic E-state index is 0.0584. The average Bonchev–Trinajstić information content (AvgIpc) is 3.22. The Balaban J connectivity index is 1.69. The third kappa shape index (κ3) is 5.83. The number of hydrogen-bond donors (Lipinski definition) is 1. The maximum absolute atomic E-state index is 14.0. The second kappa shape index (κ2) is 9.57. The molecule has 35 heavy (non-hydrogen) atoms. The Morgan fingerprint density at radius 1 is 1.06 bits per heavy atom. The number of halogens is 5. The minimum atomic E-state index is -4.64. The first kappa shape index (κ1) is 23.9. The Morgan fingerprint density at radius 2 is 1.86 bits per heavy atom. The second-order valence-corrected chi connectivity index (χ2v) is 7.63. The van der Waals surface area contributed by atoms with Crippen molar-refractivity contribution in [3.63, 3.8) is 0 Å². The molecule has 0 saturated carbocycles. The van der Waals surface area contributed by atoms with Crippen LogP contribution in [0.5, 0.6) is 0 Å². The highest BCUT2D eigenvalue weighted by atomic mass is 19.4. The molecule has 1 N–H and O–H groups in total. The van der Waals surface area contributed by atoms with Crippen LogP contribution < -0.4 is 5.32 Å². The van der Waals surface area contributed by atoms with Crippen molar-refractivity contribution in [3.05, 3.63) is 89.1 Å². The average molecular weight is 488 g/mol. The molecule has 0 bridgehead atoms. The number of carbonyl (C=O) groups is 1. The first-order valence-corrected chi connectivity index (χ1v) is 10.2. The van der Waals surface area contributed by atoms with Crippen LogP contribution in [0.3, 0.4) is 0 Å². The molecule has 0 aliphatic heterocycles. The van der Waals surface area contributed by atoms with E-state index in [9.17, 15) is 26.7 Å². The van der Waals surface area contributed by atoms with E-state index < -0.39 is 29.2 Å². The van der Waals surface area contributed by atoms with E-state index in [1.165, 1.54) is 23.0 Å². The van der Waals surface area contributed by atoms with Gasteiger partial charge in [0.05, 0.1) is 11.8 Å². The lowest BCUT2D eigenvalue weighted by Gasteiger charge is -2.12. The zero-order chi connectivity index (χ0) is 25.2. The first-order valence-electron chi connectivity index (χ1n) is 10.2. The quantitative estimate of drug-likeness (QED) is 0.302. The van der Waals surface area contributed by atoms with Gasteiger partial charge in [-0.3, -0.25) is 14.5 Å². The lowest BCUT2D eigenvalue weighted by molar-refractivity contribution is -0.137. The first-order chi connectivity index (χ1) is 16.6. The predicted molar refractivity (Wildman–Crippen MR) is 115 cm³/mol. The Morgan fingerprint density at radius 3 is 2.54 bits per heavy atom. The number of alkyl halides is 3. The molecule has 0 aliphatic carbocycles. The van der Waals surface area contributed by atoms with E-state index >= 15 is 0 Å². The van der Waals surface area contributed by atoms with Crippen LogP contribution in [0.2, 0.25) is 0 Å². The number of aryl methyl sites for hydroxylation is 1. The summed E-state index contributed by atoms with van der Waals surface area (Å²) < 4.78 is 68.2. The Labute approximate surface area is 195 Å². The number of anilines is 1. The van der Waals surface area contributed by atoms with Gasteiger partial charge in [0, 0.05) is 61.9 Å². The molecule has 12 heteroatoms. The van der Waals surface area contributed by atoms with Gasteiger partial charge in [-0.2, -0.15) is 18.3 Å². The molecule has 0 spiro atoms. The summed E-state index contributed by atoms with van der Waals surface area (Å²) in [6.07, 6.45) is 0.260. The number of nitrogens with one attached hydrogen (secondary N) is 1. The number of pyridine rings is 1. The number of carbonyl (C=O) groups excluding carboxylic acids is 1. The maximum Gasteiger partial charge on any atom is 0.417 e. The zero-order valence-electron chi connectivity index (χ0n) is 18.1. The predicted octanol–water partition coefficient (Wildman–Crippen LogP) is 4.61. The molecule has 4 rings (SSSR count). The summed E-state index contributed by atoms with van der Waals surface area (Å²) in [4.78, 5) is 24.9. The molecule has 0 aliphatic rings. The Bertz CT molecular complexity index is 1390. The molecule has 0 atom stereocenters. The van der Waals surface area contributed by atoms with E-state index in [0.717, 1.165) is 24.4 Å². The van der Waals surface area contributed by atoms with Crippen LogP contribution in [0.1, 0.15) is 27.2 Å². The van der Waals surface area contributed by atoms with Crippen molar-refractivity contribution in [3.8, 4) is 11.4 Å². The molecular formula is C23H17F5N6O. The summed E-state index contributed by atoms with van der Waals surface area (Å²) >= 11 is 0. The second-order valence-electron chi connectivity index (χ2n) is 7.63. The number of Topliss-reactive ketones (excluding diaryl/α,β-unsaturated/α-hetero) is 1. The summed E-state index contributed by atoms with van der Waals surface area (Å²) in [5.41, 5.74) is -0.407. The van der Waals surface area contributed by atoms with Crippen LogP contribution in [-0.2, 0) is 26.2 Å². The third-order valence-electron chi connectivity index (χ3n) is 4.93. The van der Waals surface area contributed by atoms with E-state index in [4.69, 9.17) is 0 Å². The van der Waals surface area contributed by atoms with Crippen molar-refractivity contribution in [2.75, 3.05) is 5.32 Å². The fraction of sp³-hybridized carbons (Fsp3) is 0.174. The standard InChI is InChI=1S/C23H17F5N6O/c1-34-12-13(8-31-34)4-20(35)19-7-21(30-10-14-2-3-17(24)6-18(14)25)33-22(32-19)15-5-16(11-29-9-15)23(26,27)28/h2-3,5-9,11-12H,4,10H2,1H3,(H,30,32,33). The molecule has 4 aromatic rings. The van der Waals surface area contributed by atoms with E-state index in [1.54, 1.807) is 13.2 Å². The van der Waals surface area contributed by atoms with E-state index in [0.29, 0.717) is 11.8 Å².